The molecule has 0 radical (unpaired) electrons. The van der Waals surface area contributed by atoms with E-state index in [9.17, 15) is 13.2 Å². The van der Waals surface area contributed by atoms with Crippen LogP contribution in [0.4, 0.5) is 5.69 Å². The standard InChI is InChI=1S/C13H17ClN2O3S/c1-4-9-15-13(17)10(2)16(20(3,18)19)12-7-5-11(14)6-8-12/h4-8,10H,1,9H2,2-3H3,(H,15,17). The summed E-state index contributed by atoms with van der Waals surface area (Å²) < 4.78 is 24.9. The van der Waals surface area contributed by atoms with Crippen LogP contribution in [0.25, 0.3) is 0 Å². The fourth-order valence-corrected chi connectivity index (χ4v) is 3.02. The molecule has 0 heterocycles. The Bertz CT molecular complexity index is 584. The van der Waals surface area contributed by atoms with Crippen molar-refractivity contribution in [3.05, 3.63) is 41.9 Å². The number of benzene rings is 1. The van der Waals surface area contributed by atoms with Crippen molar-refractivity contribution in [2.24, 2.45) is 0 Å². The average molecular weight is 317 g/mol. The first-order valence-electron chi connectivity index (χ1n) is 5.91. The highest BCUT2D eigenvalue weighted by Crippen LogP contribution is 2.22. The summed E-state index contributed by atoms with van der Waals surface area (Å²) in [5, 5.41) is 3.07. The second kappa shape index (κ2) is 6.76. The van der Waals surface area contributed by atoms with Gasteiger partial charge in [-0.3, -0.25) is 9.10 Å². The summed E-state index contributed by atoms with van der Waals surface area (Å²) in [5.74, 6) is -0.398. The van der Waals surface area contributed by atoms with Crippen LogP contribution >= 0.6 is 11.6 Å². The molecule has 0 saturated carbocycles. The van der Waals surface area contributed by atoms with Gasteiger partial charge in [-0.15, -0.1) is 6.58 Å². The molecule has 0 aromatic heterocycles. The molecule has 0 spiro atoms. The summed E-state index contributed by atoms with van der Waals surface area (Å²) in [4.78, 5) is 11.9. The van der Waals surface area contributed by atoms with E-state index in [0.717, 1.165) is 10.6 Å². The normalized spacial score (nSPS) is 12.6. The van der Waals surface area contributed by atoms with E-state index < -0.39 is 22.0 Å². The molecular weight excluding hydrogens is 300 g/mol. The van der Waals surface area contributed by atoms with Crippen LogP contribution in [0.3, 0.4) is 0 Å². The Kier molecular flexibility index (Phi) is 5.59. The van der Waals surface area contributed by atoms with Crippen molar-refractivity contribution in [3.8, 4) is 0 Å². The van der Waals surface area contributed by atoms with E-state index in [0.29, 0.717) is 10.7 Å². The van der Waals surface area contributed by atoms with Crippen LogP contribution in [-0.2, 0) is 14.8 Å². The number of nitrogens with zero attached hydrogens (tertiary/aromatic N) is 1. The molecule has 0 saturated heterocycles. The quantitative estimate of drug-likeness (QED) is 0.814. The number of carbonyl (C=O) groups is 1. The molecule has 1 rings (SSSR count). The number of sulfonamides is 1. The van der Waals surface area contributed by atoms with Gasteiger partial charge in [0.1, 0.15) is 6.04 Å². The van der Waals surface area contributed by atoms with E-state index in [-0.39, 0.29) is 6.54 Å². The third-order valence-electron chi connectivity index (χ3n) is 2.59. The number of carbonyl (C=O) groups excluding carboxylic acids is 1. The van der Waals surface area contributed by atoms with Crippen LogP contribution in [-0.4, -0.2) is 33.2 Å². The predicted octanol–water partition coefficient (Wildman–Crippen LogP) is 1.80. The number of rotatable bonds is 6. The molecule has 1 amide bonds. The number of hydrogen-bond acceptors (Lipinski definition) is 3. The van der Waals surface area contributed by atoms with Crippen molar-refractivity contribution in [3.63, 3.8) is 0 Å². The molecule has 1 aromatic rings. The monoisotopic (exact) mass is 316 g/mol. The maximum atomic E-state index is 11.9. The second-order valence-electron chi connectivity index (χ2n) is 4.25. The largest absolute Gasteiger partial charge is 0.351 e. The molecule has 7 heteroatoms. The van der Waals surface area contributed by atoms with Gasteiger partial charge >= 0.3 is 0 Å². The summed E-state index contributed by atoms with van der Waals surface area (Å²) in [6.45, 7) is 5.29. The maximum Gasteiger partial charge on any atom is 0.243 e. The minimum absolute atomic E-state index is 0.279. The van der Waals surface area contributed by atoms with Gasteiger partial charge in [-0.1, -0.05) is 17.7 Å². The van der Waals surface area contributed by atoms with Crippen LogP contribution in [0.15, 0.2) is 36.9 Å². The molecule has 0 aliphatic rings. The van der Waals surface area contributed by atoms with Crippen LogP contribution in [0.2, 0.25) is 5.02 Å². The molecule has 0 fully saturated rings. The van der Waals surface area contributed by atoms with E-state index in [1.807, 2.05) is 0 Å². The lowest BCUT2D eigenvalue weighted by atomic mass is 10.2. The van der Waals surface area contributed by atoms with Gasteiger partial charge in [0, 0.05) is 11.6 Å². The molecule has 1 unspecified atom stereocenters. The van der Waals surface area contributed by atoms with Crippen molar-refractivity contribution in [1.82, 2.24) is 5.32 Å². The zero-order chi connectivity index (χ0) is 15.3. The Labute approximate surface area is 124 Å². The van der Waals surface area contributed by atoms with Gasteiger partial charge in [-0.2, -0.15) is 0 Å². The SMILES string of the molecule is C=CCNC(=O)C(C)N(c1ccc(Cl)cc1)S(C)(=O)=O. The number of anilines is 1. The Morgan fingerprint density at radius 2 is 2.00 bits per heavy atom. The molecule has 110 valence electrons. The summed E-state index contributed by atoms with van der Waals surface area (Å²) >= 11 is 5.78. The van der Waals surface area contributed by atoms with E-state index >= 15 is 0 Å². The molecule has 1 atom stereocenters. The van der Waals surface area contributed by atoms with Gasteiger partial charge in [0.15, 0.2) is 0 Å². The summed E-state index contributed by atoms with van der Waals surface area (Å²) in [5.41, 5.74) is 0.387. The molecule has 1 aromatic carbocycles. The van der Waals surface area contributed by atoms with E-state index in [4.69, 9.17) is 11.6 Å². The fourth-order valence-electron chi connectivity index (χ4n) is 1.72. The lowest BCUT2D eigenvalue weighted by molar-refractivity contribution is -0.121. The minimum Gasteiger partial charge on any atom is -0.351 e. The van der Waals surface area contributed by atoms with Crippen LogP contribution in [0.1, 0.15) is 6.92 Å². The Morgan fingerprint density at radius 1 is 1.45 bits per heavy atom. The minimum atomic E-state index is -3.60. The zero-order valence-corrected chi connectivity index (χ0v) is 12.9. The highest BCUT2D eigenvalue weighted by molar-refractivity contribution is 7.92. The molecule has 1 N–H and O–H groups in total. The van der Waals surface area contributed by atoms with Gasteiger partial charge < -0.3 is 5.32 Å². The predicted molar refractivity (Wildman–Crippen MR) is 81.4 cm³/mol. The smallest absolute Gasteiger partial charge is 0.243 e. The zero-order valence-electron chi connectivity index (χ0n) is 11.3. The highest BCUT2D eigenvalue weighted by atomic mass is 35.5. The summed E-state index contributed by atoms with van der Waals surface area (Å²) in [7, 11) is -3.60. The first-order chi connectivity index (χ1) is 9.27. The Morgan fingerprint density at radius 3 is 2.45 bits per heavy atom. The van der Waals surface area contributed by atoms with Gasteiger partial charge in [-0.25, -0.2) is 8.42 Å². The first-order valence-corrected chi connectivity index (χ1v) is 8.13. The van der Waals surface area contributed by atoms with Crippen molar-refractivity contribution in [2.75, 3.05) is 17.1 Å². The number of nitrogens with one attached hydrogen (secondary N) is 1. The lowest BCUT2D eigenvalue weighted by Crippen LogP contribution is -2.47. The molecule has 0 bridgehead atoms. The number of hydrogen-bond donors (Lipinski definition) is 1. The van der Waals surface area contributed by atoms with Gasteiger partial charge in [-0.05, 0) is 31.2 Å². The van der Waals surface area contributed by atoms with Crippen molar-refractivity contribution < 1.29 is 13.2 Å². The van der Waals surface area contributed by atoms with Crippen molar-refractivity contribution in [1.29, 1.82) is 0 Å². The molecule has 5 nitrogen and oxygen atoms in total. The summed E-state index contributed by atoms with van der Waals surface area (Å²) in [6.07, 6.45) is 2.58. The topological polar surface area (TPSA) is 66.5 Å². The molecule has 0 aliphatic heterocycles. The fraction of sp³-hybridized carbons (Fsp3) is 0.308. The van der Waals surface area contributed by atoms with Crippen molar-refractivity contribution >= 4 is 33.2 Å². The lowest BCUT2D eigenvalue weighted by Gasteiger charge is -2.28. The Hall–Kier alpha value is -1.53. The highest BCUT2D eigenvalue weighted by Gasteiger charge is 2.28. The molecule has 20 heavy (non-hydrogen) atoms. The average Bonchev–Trinajstić information content (AvgIpc) is 2.36. The van der Waals surface area contributed by atoms with Crippen LogP contribution < -0.4 is 9.62 Å². The van der Waals surface area contributed by atoms with Crippen LogP contribution in [0.5, 0.6) is 0 Å². The third-order valence-corrected chi connectivity index (χ3v) is 4.08. The number of amides is 1. The molecule has 0 aliphatic carbocycles. The van der Waals surface area contributed by atoms with Crippen molar-refractivity contribution in [2.45, 2.75) is 13.0 Å². The second-order valence-corrected chi connectivity index (χ2v) is 6.54. The van der Waals surface area contributed by atoms with Gasteiger partial charge in [0.05, 0.1) is 11.9 Å². The van der Waals surface area contributed by atoms with E-state index in [2.05, 4.69) is 11.9 Å². The first kappa shape index (κ1) is 16.5. The number of halogens is 1. The molecular formula is C13H17ClN2O3S. The van der Waals surface area contributed by atoms with E-state index in [1.54, 1.807) is 24.3 Å². The van der Waals surface area contributed by atoms with Crippen LogP contribution in [0, 0.1) is 0 Å². The van der Waals surface area contributed by atoms with E-state index in [1.165, 1.54) is 13.0 Å². The third kappa shape index (κ3) is 4.25. The van der Waals surface area contributed by atoms with Gasteiger partial charge in [0.25, 0.3) is 0 Å². The van der Waals surface area contributed by atoms with Gasteiger partial charge in [0.2, 0.25) is 15.9 Å². The maximum absolute atomic E-state index is 11.9. The summed E-state index contributed by atoms with van der Waals surface area (Å²) in [6, 6.07) is 5.39. The Balaban J connectivity index is 3.10.